The molecule has 0 spiro atoms. The van der Waals surface area contributed by atoms with E-state index < -0.39 is 15.6 Å². The smallest absolute Gasteiger partial charge is 0.331 e. The maximum absolute atomic E-state index is 12.9. The molecule has 1 saturated carbocycles. The Labute approximate surface area is 179 Å². The van der Waals surface area contributed by atoms with Gasteiger partial charge in [0.1, 0.15) is 5.54 Å². The molecule has 0 bridgehead atoms. The third-order valence-corrected chi connectivity index (χ3v) is 8.09. The summed E-state index contributed by atoms with van der Waals surface area (Å²) in [7, 11) is -2.12. The SMILES string of the molecule is COC(=O)C1(NC(=O)CCc2ccc(S(=O)(=O)N3CCCCCC3)cc2)CCCC1. The Morgan fingerprint density at radius 3 is 2.17 bits per heavy atom. The van der Waals surface area contributed by atoms with E-state index in [2.05, 4.69) is 5.32 Å². The van der Waals surface area contributed by atoms with Crippen LogP contribution in [0.5, 0.6) is 0 Å². The standard InChI is InChI=1S/C22H32N2O5S/c1-29-21(26)22(14-4-5-15-22)23-20(25)13-10-18-8-11-19(12-9-18)30(27,28)24-16-6-2-3-7-17-24/h8-9,11-12H,2-7,10,13-17H2,1H3,(H,23,25). The fourth-order valence-corrected chi connectivity index (χ4v) is 5.92. The number of rotatable bonds is 7. The number of ether oxygens (including phenoxy) is 1. The van der Waals surface area contributed by atoms with E-state index in [-0.39, 0.29) is 18.3 Å². The average molecular weight is 437 g/mol. The molecule has 7 nitrogen and oxygen atoms in total. The van der Waals surface area contributed by atoms with Crippen molar-refractivity contribution in [1.82, 2.24) is 9.62 Å². The van der Waals surface area contributed by atoms with Crippen molar-refractivity contribution in [1.29, 1.82) is 0 Å². The van der Waals surface area contributed by atoms with Gasteiger partial charge in [0, 0.05) is 19.5 Å². The minimum atomic E-state index is -3.47. The van der Waals surface area contributed by atoms with Gasteiger partial charge in [-0.15, -0.1) is 0 Å². The number of aryl methyl sites for hydroxylation is 1. The molecule has 1 aliphatic heterocycles. The first-order valence-electron chi connectivity index (χ1n) is 10.9. The van der Waals surface area contributed by atoms with Crippen LogP contribution in [0.3, 0.4) is 0 Å². The minimum absolute atomic E-state index is 0.191. The van der Waals surface area contributed by atoms with E-state index in [1.54, 1.807) is 28.6 Å². The van der Waals surface area contributed by atoms with Crippen molar-refractivity contribution >= 4 is 21.9 Å². The second kappa shape index (κ2) is 9.92. The van der Waals surface area contributed by atoms with Crippen LogP contribution in [0.1, 0.15) is 63.4 Å². The molecule has 1 N–H and O–H groups in total. The van der Waals surface area contributed by atoms with Gasteiger partial charge in [-0.25, -0.2) is 13.2 Å². The number of nitrogens with one attached hydrogen (secondary N) is 1. The second-order valence-corrected chi connectivity index (χ2v) is 10.2. The third-order valence-electron chi connectivity index (χ3n) is 6.18. The zero-order chi connectivity index (χ0) is 21.6. The number of hydrogen-bond donors (Lipinski definition) is 1. The number of benzene rings is 1. The lowest BCUT2D eigenvalue weighted by Gasteiger charge is -2.27. The fraction of sp³-hybridized carbons (Fsp3) is 0.636. The van der Waals surface area contributed by atoms with E-state index >= 15 is 0 Å². The second-order valence-electron chi connectivity index (χ2n) is 8.29. The molecule has 0 atom stereocenters. The molecule has 1 heterocycles. The summed E-state index contributed by atoms with van der Waals surface area (Å²) in [4.78, 5) is 24.9. The van der Waals surface area contributed by atoms with Gasteiger partial charge in [-0.05, 0) is 49.8 Å². The number of carbonyl (C=O) groups is 2. The van der Waals surface area contributed by atoms with Crippen molar-refractivity contribution < 1.29 is 22.7 Å². The molecular formula is C22H32N2O5S. The van der Waals surface area contributed by atoms with Crippen LogP contribution < -0.4 is 5.32 Å². The fourth-order valence-electron chi connectivity index (χ4n) is 4.40. The lowest BCUT2D eigenvalue weighted by molar-refractivity contribution is -0.150. The van der Waals surface area contributed by atoms with Crippen molar-refractivity contribution in [3.8, 4) is 0 Å². The highest BCUT2D eigenvalue weighted by molar-refractivity contribution is 7.89. The average Bonchev–Trinajstić information content (AvgIpc) is 3.04. The van der Waals surface area contributed by atoms with Crippen LogP contribution in [-0.4, -0.2) is 50.3 Å². The van der Waals surface area contributed by atoms with Gasteiger partial charge in [0.2, 0.25) is 15.9 Å². The first-order valence-corrected chi connectivity index (χ1v) is 12.3. The van der Waals surface area contributed by atoms with E-state index in [0.717, 1.165) is 44.1 Å². The lowest BCUT2D eigenvalue weighted by atomic mass is 9.97. The molecule has 2 aliphatic rings. The molecule has 0 unspecified atom stereocenters. The predicted molar refractivity (Wildman–Crippen MR) is 113 cm³/mol. The van der Waals surface area contributed by atoms with Crippen molar-refractivity contribution in [2.24, 2.45) is 0 Å². The number of amides is 1. The van der Waals surface area contributed by atoms with E-state index in [4.69, 9.17) is 4.74 Å². The Bertz CT molecular complexity index is 837. The number of esters is 1. The van der Waals surface area contributed by atoms with Crippen molar-refractivity contribution in [3.63, 3.8) is 0 Å². The molecule has 166 valence electrons. The zero-order valence-electron chi connectivity index (χ0n) is 17.7. The van der Waals surface area contributed by atoms with Gasteiger partial charge in [-0.2, -0.15) is 4.31 Å². The minimum Gasteiger partial charge on any atom is -0.467 e. The molecule has 1 amide bonds. The number of nitrogens with zero attached hydrogens (tertiary/aromatic N) is 1. The van der Waals surface area contributed by atoms with Crippen LogP contribution in [-0.2, 0) is 30.8 Å². The Morgan fingerprint density at radius 1 is 1.00 bits per heavy atom. The highest BCUT2D eigenvalue weighted by Gasteiger charge is 2.43. The predicted octanol–water partition coefficient (Wildman–Crippen LogP) is 2.79. The van der Waals surface area contributed by atoms with Crippen LogP contribution >= 0.6 is 0 Å². The Balaban J connectivity index is 1.58. The molecule has 1 saturated heterocycles. The van der Waals surface area contributed by atoms with Gasteiger partial charge < -0.3 is 10.1 Å². The summed E-state index contributed by atoms with van der Waals surface area (Å²) in [5.74, 6) is -0.569. The summed E-state index contributed by atoms with van der Waals surface area (Å²) in [6, 6.07) is 6.79. The van der Waals surface area contributed by atoms with Gasteiger partial charge in [0.15, 0.2) is 0 Å². The van der Waals surface area contributed by atoms with Crippen LogP contribution in [0.2, 0.25) is 0 Å². The first-order chi connectivity index (χ1) is 14.4. The highest BCUT2D eigenvalue weighted by atomic mass is 32.2. The van der Waals surface area contributed by atoms with Gasteiger partial charge >= 0.3 is 5.97 Å². The number of hydrogen-bond acceptors (Lipinski definition) is 5. The van der Waals surface area contributed by atoms with Gasteiger partial charge in [0.05, 0.1) is 12.0 Å². The zero-order valence-corrected chi connectivity index (χ0v) is 18.5. The maximum atomic E-state index is 12.9. The quantitative estimate of drug-likeness (QED) is 0.664. The van der Waals surface area contributed by atoms with Crippen LogP contribution in [0.25, 0.3) is 0 Å². The molecule has 0 radical (unpaired) electrons. The third kappa shape index (κ3) is 5.21. The molecule has 0 aromatic heterocycles. The summed E-state index contributed by atoms with van der Waals surface area (Å²) in [6.07, 6.45) is 7.66. The molecular weight excluding hydrogens is 404 g/mol. The van der Waals surface area contributed by atoms with Crippen LogP contribution in [0.15, 0.2) is 29.2 Å². The summed E-state index contributed by atoms with van der Waals surface area (Å²) >= 11 is 0. The number of carbonyl (C=O) groups excluding carboxylic acids is 2. The van der Waals surface area contributed by atoms with Gasteiger partial charge in [-0.3, -0.25) is 4.79 Å². The summed E-state index contributed by atoms with van der Waals surface area (Å²) < 4.78 is 32.2. The summed E-state index contributed by atoms with van der Waals surface area (Å²) in [5, 5.41) is 2.88. The lowest BCUT2D eigenvalue weighted by Crippen LogP contribution is -2.53. The van der Waals surface area contributed by atoms with Gasteiger partial charge in [0.25, 0.3) is 0 Å². The molecule has 1 aliphatic carbocycles. The van der Waals surface area contributed by atoms with Crippen LogP contribution in [0, 0.1) is 0 Å². The summed E-state index contributed by atoms with van der Waals surface area (Å²) in [5.41, 5.74) is -0.00443. The summed E-state index contributed by atoms with van der Waals surface area (Å²) in [6.45, 7) is 1.15. The van der Waals surface area contributed by atoms with Gasteiger partial charge in [-0.1, -0.05) is 37.8 Å². The molecule has 8 heteroatoms. The molecule has 1 aromatic carbocycles. The van der Waals surface area contributed by atoms with E-state index in [9.17, 15) is 18.0 Å². The maximum Gasteiger partial charge on any atom is 0.331 e. The molecule has 30 heavy (non-hydrogen) atoms. The highest BCUT2D eigenvalue weighted by Crippen LogP contribution is 2.31. The van der Waals surface area contributed by atoms with Crippen molar-refractivity contribution in [2.45, 2.75) is 74.6 Å². The van der Waals surface area contributed by atoms with E-state index in [1.807, 2.05) is 0 Å². The first kappa shape index (κ1) is 22.7. The Morgan fingerprint density at radius 2 is 1.60 bits per heavy atom. The largest absolute Gasteiger partial charge is 0.467 e. The molecule has 2 fully saturated rings. The Kier molecular flexibility index (Phi) is 7.52. The number of methoxy groups -OCH3 is 1. The number of sulfonamides is 1. The topological polar surface area (TPSA) is 92.8 Å². The van der Waals surface area contributed by atoms with E-state index in [1.165, 1.54) is 7.11 Å². The van der Waals surface area contributed by atoms with E-state index in [0.29, 0.717) is 37.2 Å². The Hall–Kier alpha value is -1.93. The van der Waals surface area contributed by atoms with Crippen molar-refractivity contribution in [3.05, 3.63) is 29.8 Å². The monoisotopic (exact) mass is 436 g/mol. The normalized spacial score (nSPS) is 19.8. The molecule has 3 rings (SSSR count). The van der Waals surface area contributed by atoms with Crippen LogP contribution in [0.4, 0.5) is 0 Å². The molecule has 1 aromatic rings. The van der Waals surface area contributed by atoms with Crippen molar-refractivity contribution in [2.75, 3.05) is 20.2 Å².